The van der Waals surface area contributed by atoms with Gasteiger partial charge in [-0.1, -0.05) is 29.0 Å². The number of hydrogen-bond acceptors (Lipinski definition) is 2. The molecule has 1 aliphatic rings. The minimum atomic E-state index is -0.152. The lowest BCUT2D eigenvalue weighted by atomic mass is 9.86. The SMILES string of the molecule is CC1(OC(=O)CCI)CCCCC1. The number of halogens is 1. The predicted octanol–water partition coefficient (Wildman–Crippen LogP) is 3.08. The molecule has 0 saturated heterocycles. The first-order chi connectivity index (χ1) is 6.16. The minimum Gasteiger partial charge on any atom is -0.459 e. The van der Waals surface area contributed by atoms with Crippen molar-refractivity contribution in [2.75, 3.05) is 4.43 Å². The molecule has 1 rings (SSSR count). The molecule has 2 nitrogen and oxygen atoms in total. The van der Waals surface area contributed by atoms with E-state index in [2.05, 4.69) is 29.5 Å². The van der Waals surface area contributed by atoms with Crippen LogP contribution >= 0.6 is 22.6 Å². The highest BCUT2D eigenvalue weighted by atomic mass is 127. The molecule has 0 spiro atoms. The number of carbonyl (C=O) groups is 1. The van der Waals surface area contributed by atoms with Crippen LogP contribution in [0.1, 0.15) is 45.4 Å². The average Bonchev–Trinajstić information content (AvgIpc) is 2.04. The highest BCUT2D eigenvalue weighted by Crippen LogP contribution is 2.31. The summed E-state index contributed by atoms with van der Waals surface area (Å²) in [5, 5.41) is 0. The number of esters is 1. The smallest absolute Gasteiger partial charge is 0.307 e. The summed E-state index contributed by atoms with van der Waals surface area (Å²) in [5.74, 6) is -0.0289. The normalized spacial score (nSPS) is 21.1. The van der Waals surface area contributed by atoms with Crippen molar-refractivity contribution >= 4 is 28.6 Å². The van der Waals surface area contributed by atoms with Crippen molar-refractivity contribution in [1.82, 2.24) is 0 Å². The van der Waals surface area contributed by atoms with Gasteiger partial charge in [0.15, 0.2) is 0 Å². The maximum Gasteiger partial charge on any atom is 0.307 e. The highest BCUT2D eigenvalue weighted by molar-refractivity contribution is 14.1. The number of carbonyl (C=O) groups excluding carboxylic acids is 1. The van der Waals surface area contributed by atoms with Crippen LogP contribution in [0.2, 0.25) is 0 Å². The molecule has 0 bridgehead atoms. The van der Waals surface area contributed by atoms with E-state index in [1.54, 1.807) is 0 Å². The van der Waals surface area contributed by atoms with Gasteiger partial charge in [-0.15, -0.1) is 0 Å². The molecule has 0 N–H and O–H groups in total. The fourth-order valence-electron chi connectivity index (χ4n) is 1.80. The van der Waals surface area contributed by atoms with Gasteiger partial charge in [0, 0.05) is 4.43 Å². The van der Waals surface area contributed by atoms with Crippen molar-refractivity contribution in [1.29, 1.82) is 0 Å². The Kier molecular flexibility index (Phi) is 4.49. The first-order valence-electron chi connectivity index (χ1n) is 4.94. The fourth-order valence-corrected chi connectivity index (χ4v) is 2.25. The number of rotatable bonds is 3. The summed E-state index contributed by atoms with van der Waals surface area (Å²) in [6.45, 7) is 2.07. The molecule has 0 heterocycles. The van der Waals surface area contributed by atoms with Crippen LogP contribution in [-0.2, 0) is 9.53 Å². The zero-order valence-corrected chi connectivity index (χ0v) is 10.3. The van der Waals surface area contributed by atoms with Gasteiger partial charge in [0.05, 0.1) is 6.42 Å². The largest absolute Gasteiger partial charge is 0.459 e. The van der Waals surface area contributed by atoms with Gasteiger partial charge in [-0.25, -0.2) is 0 Å². The Morgan fingerprint density at radius 3 is 2.54 bits per heavy atom. The summed E-state index contributed by atoms with van der Waals surface area (Å²) in [7, 11) is 0. The van der Waals surface area contributed by atoms with Crippen LogP contribution in [0.3, 0.4) is 0 Å². The maximum absolute atomic E-state index is 11.3. The molecule has 0 aromatic heterocycles. The Morgan fingerprint density at radius 2 is 2.00 bits per heavy atom. The molecule has 76 valence electrons. The molecule has 0 aromatic carbocycles. The van der Waals surface area contributed by atoms with Gasteiger partial charge in [0.25, 0.3) is 0 Å². The van der Waals surface area contributed by atoms with E-state index in [-0.39, 0.29) is 11.6 Å². The summed E-state index contributed by atoms with van der Waals surface area (Å²) >= 11 is 2.20. The van der Waals surface area contributed by atoms with Gasteiger partial charge in [0.1, 0.15) is 5.60 Å². The van der Waals surface area contributed by atoms with E-state index in [9.17, 15) is 4.79 Å². The average molecular weight is 296 g/mol. The van der Waals surface area contributed by atoms with Crippen LogP contribution in [0.15, 0.2) is 0 Å². The van der Waals surface area contributed by atoms with E-state index in [0.717, 1.165) is 17.3 Å². The van der Waals surface area contributed by atoms with Crippen molar-refractivity contribution < 1.29 is 9.53 Å². The van der Waals surface area contributed by atoms with E-state index in [0.29, 0.717) is 6.42 Å². The molecule has 0 radical (unpaired) electrons. The third-order valence-corrected chi connectivity index (χ3v) is 3.11. The molecule has 1 aliphatic carbocycles. The van der Waals surface area contributed by atoms with Crippen molar-refractivity contribution in [3.8, 4) is 0 Å². The molecule has 0 aliphatic heterocycles. The molecule has 0 atom stereocenters. The summed E-state index contributed by atoms with van der Waals surface area (Å²) < 4.78 is 6.33. The van der Waals surface area contributed by atoms with E-state index < -0.39 is 0 Å². The molecule has 0 unspecified atom stereocenters. The van der Waals surface area contributed by atoms with Gasteiger partial charge >= 0.3 is 5.97 Å². The lowest BCUT2D eigenvalue weighted by Gasteiger charge is -2.33. The highest BCUT2D eigenvalue weighted by Gasteiger charge is 2.30. The lowest BCUT2D eigenvalue weighted by Crippen LogP contribution is -2.33. The van der Waals surface area contributed by atoms with Gasteiger partial charge in [-0.3, -0.25) is 4.79 Å². The number of alkyl halides is 1. The van der Waals surface area contributed by atoms with E-state index in [4.69, 9.17) is 4.74 Å². The Hall–Kier alpha value is 0.200. The summed E-state index contributed by atoms with van der Waals surface area (Å²) in [4.78, 5) is 11.3. The monoisotopic (exact) mass is 296 g/mol. The summed E-state index contributed by atoms with van der Waals surface area (Å²) in [5.41, 5.74) is -0.152. The van der Waals surface area contributed by atoms with E-state index in [1.807, 2.05) is 0 Å². The molecule has 1 fully saturated rings. The number of hydrogen-bond donors (Lipinski definition) is 0. The van der Waals surface area contributed by atoms with Gasteiger partial charge in [0.2, 0.25) is 0 Å². The third kappa shape index (κ3) is 3.83. The Labute approximate surface area is 93.6 Å². The molecule has 0 amide bonds. The maximum atomic E-state index is 11.3. The summed E-state index contributed by atoms with van der Waals surface area (Å²) in [6.07, 6.45) is 6.33. The Bertz CT molecular complexity index is 174. The third-order valence-electron chi connectivity index (χ3n) is 2.57. The van der Waals surface area contributed by atoms with E-state index in [1.165, 1.54) is 19.3 Å². The zero-order valence-electron chi connectivity index (χ0n) is 8.14. The van der Waals surface area contributed by atoms with Crippen molar-refractivity contribution in [2.24, 2.45) is 0 Å². The minimum absolute atomic E-state index is 0.0289. The van der Waals surface area contributed by atoms with Crippen molar-refractivity contribution in [2.45, 2.75) is 51.0 Å². The predicted molar refractivity (Wildman–Crippen MR) is 61.1 cm³/mol. The Morgan fingerprint density at radius 1 is 1.38 bits per heavy atom. The zero-order chi connectivity index (χ0) is 9.73. The van der Waals surface area contributed by atoms with E-state index >= 15 is 0 Å². The van der Waals surface area contributed by atoms with Crippen molar-refractivity contribution in [3.05, 3.63) is 0 Å². The second kappa shape index (κ2) is 5.17. The van der Waals surface area contributed by atoms with Crippen LogP contribution in [0.4, 0.5) is 0 Å². The molecule has 13 heavy (non-hydrogen) atoms. The quantitative estimate of drug-likeness (QED) is 0.454. The van der Waals surface area contributed by atoms with Gasteiger partial charge in [-0.05, 0) is 32.6 Å². The second-order valence-corrected chi connectivity index (χ2v) is 5.00. The van der Waals surface area contributed by atoms with Crippen LogP contribution in [-0.4, -0.2) is 16.0 Å². The lowest BCUT2D eigenvalue weighted by molar-refractivity contribution is -0.160. The summed E-state index contributed by atoms with van der Waals surface area (Å²) in [6, 6.07) is 0. The van der Waals surface area contributed by atoms with Gasteiger partial charge in [-0.2, -0.15) is 0 Å². The van der Waals surface area contributed by atoms with Crippen LogP contribution in [0, 0.1) is 0 Å². The first kappa shape index (κ1) is 11.3. The fraction of sp³-hybridized carbons (Fsp3) is 0.900. The Balaban J connectivity index is 2.36. The number of ether oxygens (including phenoxy) is 1. The van der Waals surface area contributed by atoms with Crippen LogP contribution in [0.5, 0.6) is 0 Å². The molecule has 1 saturated carbocycles. The molecular formula is C10H17IO2. The topological polar surface area (TPSA) is 26.3 Å². The molecular weight excluding hydrogens is 279 g/mol. The van der Waals surface area contributed by atoms with Crippen molar-refractivity contribution in [3.63, 3.8) is 0 Å². The van der Waals surface area contributed by atoms with Crippen LogP contribution < -0.4 is 0 Å². The van der Waals surface area contributed by atoms with Gasteiger partial charge < -0.3 is 4.74 Å². The molecule has 3 heteroatoms. The standard InChI is InChI=1S/C10H17IO2/c1-10(6-3-2-4-7-10)13-9(12)5-8-11/h2-8H2,1H3. The second-order valence-electron chi connectivity index (χ2n) is 3.92. The first-order valence-corrected chi connectivity index (χ1v) is 6.47. The molecule has 0 aromatic rings. The van der Waals surface area contributed by atoms with Crippen LogP contribution in [0.25, 0.3) is 0 Å².